The van der Waals surface area contributed by atoms with Crippen LogP contribution in [0, 0.1) is 6.92 Å². The van der Waals surface area contributed by atoms with Crippen LogP contribution in [-0.4, -0.2) is 60.1 Å². The van der Waals surface area contributed by atoms with Crippen molar-refractivity contribution in [1.29, 1.82) is 0 Å². The van der Waals surface area contributed by atoms with Gasteiger partial charge in [-0.1, -0.05) is 32.0 Å². The number of anilines is 1. The van der Waals surface area contributed by atoms with Crippen LogP contribution < -0.4 is 5.32 Å². The number of carbonyl (C=O) groups excluding carboxylic acids is 2. The smallest absolute Gasteiger partial charge is 0.410 e. The summed E-state index contributed by atoms with van der Waals surface area (Å²) in [5, 5.41) is 3.12. The zero-order valence-corrected chi connectivity index (χ0v) is 19.0. The third-order valence-corrected chi connectivity index (χ3v) is 5.32. The van der Waals surface area contributed by atoms with Crippen LogP contribution in [0.25, 0.3) is 0 Å². The summed E-state index contributed by atoms with van der Waals surface area (Å²) in [5.41, 5.74) is 2.69. The Labute approximate surface area is 175 Å². The highest BCUT2D eigenvalue weighted by molar-refractivity contribution is 5.94. The monoisotopic (exact) mass is 403 g/mol. The molecule has 1 aromatic carbocycles. The summed E-state index contributed by atoms with van der Waals surface area (Å²) in [5.74, 6) is 0.346. The lowest BCUT2D eigenvalue weighted by Gasteiger charge is -2.37. The average Bonchev–Trinajstić information content (AvgIpc) is 2.61. The van der Waals surface area contributed by atoms with E-state index in [0.717, 1.165) is 29.7 Å². The highest BCUT2D eigenvalue weighted by atomic mass is 16.6. The lowest BCUT2D eigenvalue weighted by molar-refractivity contribution is -0.117. The van der Waals surface area contributed by atoms with Crippen LogP contribution in [0.15, 0.2) is 18.2 Å². The number of amides is 2. The highest BCUT2D eigenvalue weighted by Gasteiger charge is 2.29. The van der Waals surface area contributed by atoms with E-state index in [2.05, 4.69) is 30.1 Å². The summed E-state index contributed by atoms with van der Waals surface area (Å²) in [7, 11) is 1.98. The molecule has 6 heteroatoms. The first-order chi connectivity index (χ1) is 13.5. The molecule has 1 aromatic rings. The number of likely N-dealkylation sites (tertiary alicyclic amines) is 1. The molecule has 0 aromatic heterocycles. The van der Waals surface area contributed by atoms with Gasteiger partial charge in [-0.15, -0.1) is 0 Å². The number of benzene rings is 1. The normalized spacial score (nSPS) is 15.7. The van der Waals surface area contributed by atoms with Gasteiger partial charge in [-0.05, 0) is 64.6 Å². The molecule has 1 saturated heterocycles. The minimum Gasteiger partial charge on any atom is -0.444 e. The van der Waals surface area contributed by atoms with Crippen molar-refractivity contribution in [3.8, 4) is 0 Å². The Balaban J connectivity index is 1.88. The summed E-state index contributed by atoms with van der Waals surface area (Å²) >= 11 is 0. The predicted molar refractivity (Wildman–Crippen MR) is 117 cm³/mol. The minimum atomic E-state index is -0.479. The van der Waals surface area contributed by atoms with Gasteiger partial charge in [-0.25, -0.2) is 4.79 Å². The molecule has 0 spiro atoms. The number of likely N-dealkylation sites (N-methyl/N-ethyl adjacent to an activating group) is 1. The Kier molecular flexibility index (Phi) is 7.69. The Morgan fingerprint density at radius 3 is 2.41 bits per heavy atom. The lowest BCUT2D eigenvalue weighted by atomic mass is 9.98. The number of hydrogen-bond donors (Lipinski definition) is 1. The topological polar surface area (TPSA) is 61.9 Å². The van der Waals surface area contributed by atoms with Gasteiger partial charge >= 0.3 is 6.09 Å². The summed E-state index contributed by atoms with van der Waals surface area (Å²) in [6.07, 6.45) is 1.42. The first kappa shape index (κ1) is 23.2. The summed E-state index contributed by atoms with van der Waals surface area (Å²) in [6.45, 7) is 13.6. The molecule has 2 rings (SSSR count). The second-order valence-corrected chi connectivity index (χ2v) is 9.36. The maximum atomic E-state index is 12.7. The fraction of sp³-hybridized carbons (Fsp3) is 0.652. The van der Waals surface area contributed by atoms with E-state index < -0.39 is 5.60 Å². The number of hydrogen-bond acceptors (Lipinski definition) is 4. The average molecular weight is 404 g/mol. The van der Waals surface area contributed by atoms with Gasteiger partial charge < -0.3 is 15.0 Å². The number of ether oxygens (including phenoxy) is 1. The molecule has 0 atom stereocenters. The number of aryl methyl sites for hydroxylation is 1. The molecule has 1 N–H and O–H groups in total. The first-order valence-electron chi connectivity index (χ1n) is 10.6. The van der Waals surface area contributed by atoms with E-state index >= 15 is 0 Å². The molecule has 1 heterocycles. The van der Waals surface area contributed by atoms with Gasteiger partial charge in [0.1, 0.15) is 5.60 Å². The second kappa shape index (κ2) is 9.61. The van der Waals surface area contributed by atoms with Crippen molar-refractivity contribution in [2.24, 2.45) is 0 Å². The molecule has 2 amide bonds. The molecule has 0 bridgehead atoms. The molecule has 162 valence electrons. The molecule has 0 aliphatic carbocycles. The van der Waals surface area contributed by atoms with Crippen molar-refractivity contribution in [3.63, 3.8) is 0 Å². The fourth-order valence-corrected chi connectivity index (χ4v) is 3.69. The minimum absolute atomic E-state index is 0.00160. The van der Waals surface area contributed by atoms with E-state index in [4.69, 9.17) is 4.74 Å². The van der Waals surface area contributed by atoms with Crippen LogP contribution in [0.1, 0.15) is 64.5 Å². The molecule has 0 saturated carbocycles. The first-order valence-corrected chi connectivity index (χ1v) is 10.6. The van der Waals surface area contributed by atoms with E-state index in [9.17, 15) is 9.59 Å². The molecule has 1 aliphatic rings. The van der Waals surface area contributed by atoms with Crippen LogP contribution in [0.3, 0.4) is 0 Å². The predicted octanol–water partition coefficient (Wildman–Crippen LogP) is 4.39. The number of piperidine rings is 1. The number of nitrogens with zero attached hydrogens (tertiary/aromatic N) is 2. The zero-order chi connectivity index (χ0) is 21.8. The largest absolute Gasteiger partial charge is 0.444 e. The Bertz CT molecular complexity index is 717. The Hall–Kier alpha value is -2.08. The van der Waals surface area contributed by atoms with E-state index in [1.807, 2.05) is 46.9 Å². The van der Waals surface area contributed by atoms with E-state index in [0.29, 0.717) is 25.6 Å². The molecule has 0 radical (unpaired) electrons. The standard InChI is InChI=1S/C23H37N3O3/c1-16(2)19-10-8-9-17(3)21(19)24-20(27)15-25(7)18-11-13-26(14-12-18)22(28)29-23(4,5)6/h8-10,16,18H,11-15H2,1-7H3,(H,24,27). The number of rotatable bonds is 5. The number of nitrogens with one attached hydrogen (secondary N) is 1. The van der Waals surface area contributed by atoms with Crippen molar-refractivity contribution in [2.45, 2.75) is 71.9 Å². The SMILES string of the molecule is Cc1cccc(C(C)C)c1NC(=O)CN(C)C1CCN(C(=O)OC(C)(C)C)CC1. The van der Waals surface area contributed by atoms with Crippen LogP contribution in [0.5, 0.6) is 0 Å². The molecule has 1 fully saturated rings. The van der Waals surface area contributed by atoms with Gasteiger partial charge in [0.25, 0.3) is 0 Å². The van der Waals surface area contributed by atoms with Gasteiger partial charge in [-0.2, -0.15) is 0 Å². The van der Waals surface area contributed by atoms with Crippen molar-refractivity contribution in [1.82, 2.24) is 9.80 Å². The van der Waals surface area contributed by atoms with Crippen LogP contribution in [0.4, 0.5) is 10.5 Å². The van der Waals surface area contributed by atoms with Gasteiger partial charge in [-0.3, -0.25) is 9.69 Å². The summed E-state index contributed by atoms with van der Waals surface area (Å²) < 4.78 is 5.45. The van der Waals surface area contributed by atoms with Gasteiger partial charge in [0, 0.05) is 24.8 Å². The summed E-state index contributed by atoms with van der Waals surface area (Å²) in [4.78, 5) is 28.8. The van der Waals surface area contributed by atoms with Crippen molar-refractivity contribution in [3.05, 3.63) is 29.3 Å². The van der Waals surface area contributed by atoms with Crippen molar-refractivity contribution < 1.29 is 14.3 Å². The Morgan fingerprint density at radius 2 is 1.86 bits per heavy atom. The highest BCUT2D eigenvalue weighted by Crippen LogP contribution is 2.27. The van der Waals surface area contributed by atoms with E-state index in [1.165, 1.54) is 0 Å². The maximum Gasteiger partial charge on any atom is 0.410 e. The number of carbonyl (C=O) groups is 2. The van der Waals surface area contributed by atoms with Gasteiger partial charge in [0.15, 0.2) is 0 Å². The maximum absolute atomic E-state index is 12.7. The van der Waals surface area contributed by atoms with Crippen LogP contribution >= 0.6 is 0 Å². The number of para-hydroxylation sites is 1. The molecule has 0 unspecified atom stereocenters. The fourth-order valence-electron chi connectivity index (χ4n) is 3.69. The van der Waals surface area contributed by atoms with E-state index in [1.54, 1.807) is 4.90 Å². The lowest BCUT2D eigenvalue weighted by Crippen LogP contribution is -2.48. The van der Waals surface area contributed by atoms with Crippen molar-refractivity contribution in [2.75, 3.05) is 32.0 Å². The third-order valence-electron chi connectivity index (χ3n) is 5.32. The molecule has 29 heavy (non-hydrogen) atoms. The van der Waals surface area contributed by atoms with Crippen LogP contribution in [-0.2, 0) is 9.53 Å². The van der Waals surface area contributed by atoms with Gasteiger partial charge in [0.2, 0.25) is 5.91 Å². The van der Waals surface area contributed by atoms with E-state index in [-0.39, 0.29) is 18.0 Å². The zero-order valence-electron chi connectivity index (χ0n) is 19.0. The van der Waals surface area contributed by atoms with Crippen molar-refractivity contribution >= 4 is 17.7 Å². The second-order valence-electron chi connectivity index (χ2n) is 9.36. The van der Waals surface area contributed by atoms with Crippen LogP contribution in [0.2, 0.25) is 0 Å². The van der Waals surface area contributed by atoms with Gasteiger partial charge in [0.05, 0.1) is 6.54 Å². The summed E-state index contributed by atoms with van der Waals surface area (Å²) in [6, 6.07) is 6.41. The third kappa shape index (κ3) is 6.74. The molecule has 6 nitrogen and oxygen atoms in total. The Morgan fingerprint density at radius 1 is 1.24 bits per heavy atom. The molecular formula is C23H37N3O3. The quantitative estimate of drug-likeness (QED) is 0.792. The molecular weight excluding hydrogens is 366 g/mol. The molecule has 1 aliphatic heterocycles.